The summed E-state index contributed by atoms with van der Waals surface area (Å²) >= 11 is 3.46. The maximum atomic E-state index is 3.96. The van der Waals surface area contributed by atoms with Gasteiger partial charge in [-0.3, -0.25) is 5.10 Å². The average Bonchev–Trinajstić information content (AvgIpc) is 2.45. The van der Waals surface area contributed by atoms with E-state index in [9.17, 15) is 0 Å². The molecule has 2 aromatic rings. The van der Waals surface area contributed by atoms with E-state index < -0.39 is 0 Å². The number of nitrogens with one attached hydrogen (secondary N) is 1. The summed E-state index contributed by atoms with van der Waals surface area (Å²) in [7, 11) is 0. The molecule has 3 heteroatoms. The van der Waals surface area contributed by atoms with Crippen LogP contribution in [0.4, 0.5) is 0 Å². The summed E-state index contributed by atoms with van der Waals surface area (Å²) in [5.74, 6) is 0. The molecule has 0 aliphatic heterocycles. The lowest BCUT2D eigenvalue weighted by Crippen LogP contribution is -1.75. The number of hydrogen-bond acceptors (Lipinski definition) is 1. The van der Waals surface area contributed by atoms with Gasteiger partial charge in [0.25, 0.3) is 0 Å². The molecule has 0 spiro atoms. The maximum Gasteiger partial charge on any atom is 0.0653 e. The number of rotatable bonds is 0. The number of aromatic amines is 1. The fourth-order valence-corrected chi connectivity index (χ4v) is 1.48. The number of aromatic nitrogens is 2. The van der Waals surface area contributed by atoms with Crippen LogP contribution in [-0.4, -0.2) is 10.2 Å². The van der Waals surface area contributed by atoms with E-state index in [0.717, 1.165) is 9.99 Å². The summed E-state index contributed by atoms with van der Waals surface area (Å²) in [5, 5.41) is 8.05. The fourth-order valence-electron chi connectivity index (χ4n) is 1.13. The van der Waals surface area contributed by atoms with Crippen LogP contribution in [0.15, 0.2) is 22.8 Å². The largest absolute Gasteiger partial charge is 0.278 e. The van der Waals surface area contributed by atoms with E-state index in [-0.39, 0.29) is 0 Å². The van der Waals surface area contributed by atoms with Crippen molar-refractivity contribution in [3.63, 3.8) is 0 Å². The van der Waals surface area contributed by atoms with Gasteiger partial charge < -0.3 is 0 Å². The van der Waals surface area contributed by atoms with Gasteiger partial charge in [-0.1, -0.05) is 15.9 Å². The second-order valence-electron chi connectivity index (χ2n) is 2.50. The zero-order valence-electron chi connectivity index (χ0n) is 6.06. The van der Waals surface area contributed by atoms with Gasteiger partial charge in [-0.25, -0.2) is 0 Å². The maximum absolute atomic E-state index is 3.96. The first kappa shape index (κ1) is 6.85. The monoisotopic (exact) mass is 210 g/mol. The van der Waals surface area contributed by atoms with Gasteiger partial charge in [0.15, 0.2) is 0 Å². The van der Waals surface area contributed by atoms with E-state index in [2.05, 4.69) is 33.1 Å². The quantitative estimate of drug-likeness (QED) is 0.712. The van der Waals surface area contributed by atoms with E-state index in [1.165, 1.54) is 10.9 Å². The van der Waals surface area contributed by atoms with Gasteiger partial charge in [0, 0.05) is 9.86 Å². The third kappa shape index (κ3) is 0.959. The number of nitrogens with zero attached hydrogens (tertiary/aromatic N) is 1. The minimum atomic E-state index is 1.09. The predicted octanol–water partition coefficient (Wildman–Crippen LogP) is 2.63. The highest BCUT2D eigenvalue weighted by atomic mass is 79.9. The molecule has 56 valence electrons. The van der Waals surface area contributed by atoms with Gasteiger partial charge in [0.1, 0.15) is 0 Å². The minimum Gasteiger partial charge on any atom is -0.278 e. The Morgan fingerprint density at radius 1 is 1.45 bits per heavy atom. The molecule has 1 heterocycles. The van der Waals surface area contributed by atoms with Crippen molar-refractivity contribution in [2.24, 2.45) is 0 Å². The van der Waals surface area contributed by atoms with Crippen molar-refractivity contribution in [3.05, 3.63) is 28.4 Å². The molecule has 1 aromatic heterocycles. The van der Waals surface area contributed by atoms with E-state index in [0.29, 0.717) is 0 Å². The van der Waals surface area contributed by atoms with Crippen LogP contribution >= 0.6 is 15.9 Å². The molecule has 2 rings (SSSR count). The van der Waals surface area contributed by atoms with Crippen LogP contribution < -0.4 is 0 Å². The van der Waals surface area contributed by atoms with E-state index >= 15 is 0 Å². The van der Waals surface area contributed by atoms with Crippen molar-refractivity contribution < 1.29 is 0 Å². The van der Waals surface area contributed by atoms with Crippen LogP contribution in [0, 0.1) is 6.92 Å². The molecule has 1 aromatic carbocycles. The summed E-state index contributed by atoms with van der Waals surface area (Å²) in [6.45, 7) is 2.07. The van der Waals surface area contributed by atoms with Gasteiger partial charge in [0.05, 0.1) is 11.7 Å². The average molecular weight is 211 g/mol. The first-order valence-corrected chi connectivity index (χ1v) is 4.16. The fraction of sp³-hybridized carbons (Fsp3) is 0.125. The SMILES string of the molecule is Cc1c(Br)ccc2[nH]ncc12. The lowest BCUT2D eigenvalue weighted by molar-refractivity contribution is 1.12. The van der Waals surface area contributed by atoms with Crippen molar-refractivity contribution in [2.75, 3.05) is 0 Å². The highest BCUT2D eigenvalue weighted by Gasteiger charge is 2.00. The van der Waals surface area contributed by atoms with E-state index in [1.54, 1.807) is 0 Å². The molecule has 0 fully saturated rings. The third-order valence-corrected chi connectivity index (χ3v) is 2.69. The molecule has 2 nitrogen and oxygen atoms in total. The third-order valence-electron chi connectivity index (χ3n) is 1.83. The lowest BCUT2D eigenvalue weighted by atomic mass is 10.1. The topological polar surface area (TPSA) is 28.7 Å². The van der Waals surface area contributed by atoms with E-state index in [4.69, 9.17) is 0 Å². The molecule has 0 amide bonds. The number of hydrogen-bond donors (Lipinski definition) is 1. The molecule has 0 atom stereocenters. The summed E-state index contributed by atoms with van der Waals surface area (Å²) < 4.78 is 1.13. The smallest absolute Gasteiger partial charge is 0.0653 e. The second-order valence-corrected chi connectivity index (χ2v) is 3.36. The molecule has 0 aliphatic rings. The number of aryl methyl sites for hydroxylation is 1. The molecule has 1 N–H and O–H groups in total. The molecule has 0 unspecified atom stereocenters. The molecule has 11 heavy (non-hydrogen) atoms. The van der Waals surface area contributed by atoms with Crippen LogP contribution in [0.25, 0.3) is 10.9 Å². The Bertz CT molecular complexity index is 392. The van der Waals surface area contributed by atoms with Gasteiger partial charge in [0.2, 0.25) is 0 Å². The number of fused-ring (bicyclic) bond motifs is 1. The molecule has 0 saturated carbocycles. The normalized spacial score (nSPS) is 10.7. The second kappa shape index (κ2) is 2.34. The summed E-state index contributed by atoms with van der Waals surface area (Å²) in [5.41, 5.74) is 2.32. The molecule has 0 saturated heterocycles. The van der Waals surface area contributed by atoms with Crippen molar-refractivity contribution in [2.45, 2.75) is 6.92 Å². The first-order valence-electron chi connectivity index (χ1n) is 3.37. The van der Waals surface area contributed by atoms with Crippen molar-refractivity contribution in [1.29, 1.82) is 0 Å². The van der Waals surface area contributed by atoms with Crippen LogP contribution in [-0.2, 0) is 0 Å². The van der Waals surface area contributed by atoms with Gasteiger partial charge in [-0.05, 0) is 24.6 Å². The van der Waals surface area contributed by atoms with Gasteiger partial charge in [-0.2, -0.15) is 5.10 Å². The Morgan fingerprint density at radius 2 is 2.27 bits per heavy atom. The minimum absolute atomic E-state index is 1.09. The van der Waals surface area contributed by atoms with Crippen LogP contribution in [0.1, 0.15) is 5.56 Å². The molecule has 0 radical (unpaired) electrons. The Morgan fingerprint density at radius 3 is 3.09 bits per heavy atom. The Labute approximate surface area is 72.7 Å². The van der Waals surface area contributed by atoms with Crippen LogP contribution in [0.2, 0.25) is 0 Å². The van der Waals surface area contributed by atoms with Crippen LogP contribution in [0.5, 0.6) is 0 Å². The van der Waals surface area contributed by atoms with Gasteiger partial charge >= 0.3 is 0 Å². The predicted molar refractivity (Wildman–Crippen MR) is 48.5 cm³/mol. The standard InChI is InChI=1S/C8H7BrN2/c1-5-6-4-10-11-8(6)3-2-7(5)9/h2-4H,1H3,(H,10,11). The number of halogens is 1. The first-order chi connectivity index (χ1) is 5.29. The summed E-state index contributed by atoms with van der Waals surface area (Å²) in [4.78, 5) is 0. The number of benzene rings is 1. The number of H-pyrrole nitrogens is 1. The van der Waals surface area contributed by atoms with Crippen molar-refractivity contribution >= 4 is 26.8 Å². The molecular weight excluding hydrogens is 204 g/mol. The molecular formula is C8H7BrN2. The Kier molecular flexibility index (Phi) is 1.46. The van der Waals surface area contributed by atoms with E-state index in [1.807, 2.05) is 18.3 Å². The van der Waals surface area contributed by atoms with Crippen LogP contribution in [0.3, 0.4) is 0 Å². The van der Waals surface area contributed by atoms with Crippen molar-refractivity contribution in [3.8, 4) is 0 Å². The highest BCUT2D eigenvalue weighted by Crippen LogP contribution is 2.23. The molecule has 0 bridgehead atoms. The Balaban J connectivity index is 2.93. The molecule has 0 aliphatic carbocycles. The van der Waals surface area contributed by atoms with Crippen molar-refractivity contribution in [1.82, 2.24) is 10.2 Å². The Hall–Kier alpha value is -0.830. The summed E-state index contributed by atoms with van der Waals surface area (Å²) in [6.07, 6.45) is 1.84. The lowest BCUT2D eigenvalue weighted by Gasteiger charge is -1.96. The zero-order chi connectivity index (χ0) is 7.84. The summed E-state index contributed by atoms with van der Waals surface area (Å²) in [6, 6.07) is 4.04. The zero-order valence-corrected chi connectivity index (χ0v) is 7.64. The highest BCUT2D eigenvalue weighted by molar-refractivity contribution is 9.10. The van der Waals surface area contributed by atoms with Gasteiger partial charge in [-0.15, -0.1) is 0 Å².